The molecular formula is C14H13F3O. The van der Waals surface area contributed by atoms with E-state index in [9.17, 15) is 18.3 Å². The largest absolute Gasteiger partial charge is 0.416 e. The SMILES string of the molecule is C=C/C(=C(\C=C)C(F)(F)F)C(O)c1ccccc1. The number of alkyl halides is 3. The number of hydrogen-bond acceptors (Lipinski definition) is 1. The predicted octanol–water partition coefficient (Wildman–Crippen LogP) is 3.95. The fourth-order valence-electron chi connectivity index (χ4n) is 1.58. The van der Waals surface area contributed by atoms with Gasteiger partial charge in [0.05, 0.1) is 5.57 Å². The van der Waals surface area contributed by atoms with Gasteiger partial charge in [0.25, 0.3) is 0 Å². The van der Waals surface area contributed by atoms with E-state index < -0.39 is 17.9 Å². The van der Waals surface area contributed by atoms with E-state index in [-0.39, 0.29) is 5.57 Å². The first-order valence-electron chi connectivity index (χ1n) is 5.21. The first-order chi connectivity index (χ1) is 8.41. The Labute approximate surface area is 104 Å². The van der Waals surface area contributed by atoms with Crippen LogP contribution in [0.25, 0.3) is 0 Å². The molecule has 1 rings (SSSR count). The van der Waals surface area contributed by atoms with Crippen LogP contribution in [0.15, 0.2) is 66.8 Å². The van der Waals surface area contributed by atoms with Gasteiger partial charge in [-0.1, -0.05) is 55.6 Å². The summed E-state index contributed by atoms with van der Waals surface area (Å²) in [4.78, 5) is 0. The highest BCUT2D eigenvalue weighted by molar-refractivity contribution is 5.41. The topological polar surface area (TPSA) is 20.2 Å². The zero-order valence-electron chi connectivity index (χ0n) is 9.61. The molecule has 18 heavy (non-hydrogen) atoms. The van der Waals surface area contributed by atoms with E-state index in [1.807, 2.05) is 0 Å². The highest BCUT2D eigenvalue weighted by Gasteiger charge is 2.35. The van der Waals surface area contributed by atoms with Crippen LogP contribution in [0.3, 0.4) is 0 Å². The second-order valence-electron chi connectivity index (χ2n) is 3.59. The van der Waals surface area contributed by atoms with E-state index in [1.165, 1.54) is 0 Å². The fourth-order valence-corrected chi connectivity index (χ4v) is 1.58. The summed E-state index contributed by atoms with van der Waals surface area (Å²) in [5.74, 6) is 0. The molecular weight excluding hydrogens is 241 g/mol. The molecule has 1 aromatic rings. The molecule has 0 spiro atoms. The lowest BCUT2D eigenvalue weighted by atomic mass is 9.96. The van der Waals surface area contributed by atoms with E-state index in [0.29, 0.717) is 11.6 Å². The maximum Gasteiger partial charge on any atom is 0.416 e. The standard InChI is InChI=1S/C14H13F3O/c1-3-11(12(4-2)14(15,16)17)13(18)10-8-6-5-7-9-10/h3-9,13,18H,1-2H2/b12-11-. The van der Waals surface area contributed by atoms with Crippen molar-refractivity contribution in [1.82, 2.24) is 0 Å². The molecule has 4 heteroatoms. The van der Waals surface area contributed by atoms with E-state index in [1.54, 1.807) is 30.3 Å². The molecule has 0 aliphatic rings. The van der Waals surface area contributed by atoms with Crippen molar-refractivity contribution >= 4 is 0 Å². The summed E-state index contributed by atoms with van der Waals surface area (Å²) in [6.07, 6.45) is -4.26. The van der Waals surface area contributed by atoms with E-state index in [4.69, 9.17) is 0 Å². The van der Waals surface area contributed by atoms with Crippen LogP contribution in [-0.2, 0) is 0 Å². The van der Waals surface area contributed by atoms with Crippen molar-refractivity contribution in [1.29, 1.82) is 0 Å². The van der Waals surface area contributed by atoms with Crippen molar-refractivity contribution in [3.63, 3.8) is 0 Å². The average Bonchev–Trinajstić information content (AvgIpc) is 2.34. The van der Waals surface area contributed by atoms with Crippen molar-refractivity contribution in [2.45, 2.75) is 12.3 Å². The first-order valence-corrected chi connectivity index (χ1v) is 5.21. The molecule has 0 saturated heterocycles. The highest BCUT2D eigenvalue weighted by Crippen LogP contribution is 2.34. The van der Waals surface area contributed by atoms with Crippen LogP contribution in [0.4, 0.5) is 13.2 Å². The summed E-state index contributed by atoms with van der Waals surface area (Å²) in [5, 5.41) is 9.97. The van der Waals surface area contributed by atoms with Gasteiger partial charge in [-0.15, -0.1) is 0 Å². The minimum Gasteiger partial charge on any atom is -0.384 e. The molecule has 0 bridgehead atoms. The molecule has 0 heterocycles. The Morgan fingerprint density at radius 3 is 2.06 bits per heavy atom. The molecule has 1 atom stereocenters. The van der Waals surface area contributed by atoms with Gasteiger partial charge in [-0.2, -0.15) is 13.2 Å². The first kappa shape index (κ1) is 14.3. The van der Waals surface area contributed by atoms with Gasteiger partial charge in [0.2, 0.25) is 0 Å². The number of aliphatic hydroxyl groups excluding tert-OH is 1. The summed E-state index contributed by atoms with van der Waals surface area (Å²) in [6, 6.07) is 8.09. The van der Waals surface area contributed by atoms with E-state index in [0.717, 1.165) is 6.08 Å². The van der Waals surface area contributed by atoms with Crippen LogP contribution < -0.4 is 0 Å². The van der Waals surface area contributed by atoms with E-state index in [2.05, 4.69) is 13.2 Å². The van der Waals surface area contributed by atoms with Crippen molar-refractivity contribution in [3.8, 4) is 0 Å². The number of rotatable bonds is 4. The highest BCUT2D eigenvalue weighted by atomic mass is 19.4. The Morgan fingerprint density at radius 1 is 1.11 bits per heavy atom. The van der Waals surface area contributed by atoms with Crippen LogP contribution in [0.5, 0.6) is 0 Å². The summed E-state index contributed by atoms with van der Waals surface area (Å²) >= 11 is 0. The van der Waals surface area contributed by atoms with Crippen molar-refractivity contribution in [2.24, 2.45) is 0 Å². The molecule has 0 radical (unpaired) electrons. The second kappa shape index (κ2) is 5.69. The molecule has 96 valence electrons. The Morgan fingerprint density at radius 2 is 1.67 bits per heavy atom. The van der Waals surface area contributed by atoms with Crippen molar-refractivity contribution in [2.75, 3.05) is 0 Å². The number of hydrogen-bond donors (Lipinski definition) is 1. The fraction of sp³-hybridized carbons (Fsp3) is 0.143. The molecule has 0 amide bonds. The molecule has 1 nitrogen and oxygen atoms in total. The number of benzene rings is 1. The summed E-state index contributed by atoms with van der Waals surface area (Å²) in [7, 11) is 0. The quantitative estimate of drug-likeness (QED) is 0.806. The van der Waals surface area contributed by atoms with Crippen LogP contribution in [-0.4, -0.2) is 11.3 Å². The van der Waals surface area contributed by atoms with Gasteiger partial charge in [0.15, 0.2) is 0 Å². The molecule has 1 unspecified atom stereocenters. The summed E-state index contributed by atoms with van der Waals surface area (Å²) < 4.78 is 38.2. The van der Waals surface area contributed by atoms with Crippen LogP contribution in [0.1, 0.15) is 11.7 Å². The van der Waals surface area contributed by atoms with Gasteiger partial charge >= 0.3 is 6.18 Å². The number of halogens is 3. The third kappa shape index (κ3) is 3.11. The zero-order chi connectivity index (χ0) is 13.8. The summed E-state index contributed by atoms with van der Waals surface area (Å²) in [6.45, 7) is 6.46. The molecule has 0 saturated carbocycles. The lowest BCUT2D eigenvalue weighted by Crippen LogP contribution is -2.15. The van der Waals surface area contributed by atoms with E-state index >= 15 is 0 Å². The molecule has 1 N–H and O–H groups in total. The third-order valence-electron chi connectivity index (χ3n) is 2.45. The van der Waals surface area contributed by atoms with Crippen LogP contribution in [0, 0.1) is 0 Å². The zero-order valence-corrected chi connectivity index (χ0v) is 9.61. The normalized spacial score (nSPS) is 14.7. The van der Waals surface area contributed by atoms with Gasteiger partial charge in [-0.25, -0.2) is 0 Å². The molecule has 0 aromatic heterocycles. The molecule has 0 aliphatic carbocycles. The van der Waals surface area contributed by atoms with Gasteiger partial charge < -0.3 is 5.11 Å². The number of aliphatic hydroxyl groups is 1. The molecule has 0 fully saturated rings. The average molecular weight is 254 g/mol. The molecule has 1 aromatic carbocycles. The lowest BCUT2D eigenvalue weighted by Gasteiger charge is -2.17. The van der Waals surface area contributed by atoms with Gasteiger partial charge in [0, 0.05) is 0 Å². The van der Waals surface area contributed by atoms with Gasteiger partial charge in [0.1, 0.15) is 6.10 Å². The summed E-state index contributed by atoms with van der Waals surface area (Å²) in [5.41, 5.74) is -0.909. The Kier molecular flexibility index (Phi) is 4.50. The van der Waals surface area contributed by atoms with Crippen molar-refractivity contribution in [3.05, 3.63) is 72.4 Å². The maximum absolute atomic E-state index is 12.7. The van der Waals surface area contributed by atoms with Crippen LogP contribution in [0.2, 0.25) is 0 Å². The predicted molar refractivity (Wildman–Crippen MR) is 64.9 cm³/mol. The van der Waals surface area contributed by atoms with Crippen LogP contribution >= 0.6 is 0 Å². The molecule has 0 aliphatic heterocycles. The monoisotopic (exact) mass is 254 g/mol. The van der Waals surface area contributed by atoms with Crippen molar-refractivity contribution < 1.29 is 18.3 Å². The number of allylic oxidation sites excluding steroid dienone is 2. The Hall–Kier alpha value is -1.81. The third-order valence-corrected chi connectivity index (χ3v) is 2.45. The minimum absolute atomic E-state index is 0.302. The Balaban J connectivity index is 3.29. The maximum atomic E-state index is 12.7. The Bertz CT molecular complexity index is 458. The van der Waals surface area contributed by atoms with Gasteiger partial charge in [-0.05, 0) is 11.1 Å². The lowest BCUT2D eigenvalue weighted by molar-refractivity contribution is -0.0896. The second-order valence-corrected chi connectivity index (χ2v) is 3.59. The van der Waals surface area contributed by atoms with Gasteiger partial charge in [-0.3, -0.25) is 0 Å². The minimum atomic E-state index is -4.57. The smallest absolute Gasteiger partial charge is 0.384 e.